The quantitative estimate of drug-likeness (QED) is 0.491. The van der Waals surface area contributed by atoms with Gasteiger partial charge >= 0.3 is 6.03 Å². The van der Waals surface area contributed by atoms with Gasteiger partial charge in [-0.1, -0.05) is 48.0 Å². The summed E-state index contributed by atoms with van der Waals surface area (Å²) in [4.78, 5) is 27.1. The van der Waals surface area contributed by atoms with Crippen LogP contribution in [0.1, 0.15) is 21.5 Å². The van der Waals surface area contributed by atoms with Gasteiger partial charge in [-0.05, 0) is 48.4 Å². The monoisotopic (exact) mass is 436 g/mol. The Bertz CT molecular complexity index is 1080. The van der Waals surface area contributed by atoms with Gasteiger partial charge in [-0.15, -0.1) is 0 Å². The summed E-state index contributed by atoms with van der Waals surface area (Å²) >= 11 is 6.11. The van der Waals surface area contributed by atoms with Gasteiger partial charge in [0.05, 0.1) is 5.56 Å². The number of benzene rings is 3. The van der Waals surface area contributed by atoms with Gasteiger partial charge in [0.2, 0.25) is 0 Å². The first kappa shape index (κ1) is 22.2. The fraction of sp³-hybridized carbons (Fsp3) is 0.167. The van der Waals surface area contributed by atoms with Gasteiger partial charge in [-0.25, -0.2) is 4.79 Å². The highest BCUT2D eigenvalue weighted by Crippen LogP contribution is 2.24. The molecule has 0 aliphatic rings. The fourth-order valence-electron chi connectivity index (χ4n) is 3.02. The van der Waals surface area contributed by atoms with Crippen LogP contribution in [0.15, 0.2) is 66.7 Å². The third-order valence-electron chi connectivity index (χ3n) is 4.71. The maximum atomic E-state index is 12.9. The second-order valence-corrected chi connectivity index (χ2v) is 7.74. The number of aryl methyl sites for hydroxylation is 1. The summed E-state index contributed by atoms with van der Waals surface area (Å²) in [6.45, 7) is 2.31. The second-order valence-electron chi connectivity index (χ2n) is 7.34. The van der Waals surface area contributed by atoms with Gasteiger partial charge < -0.3 is 20.9 Å². The third kappa shape index (κ3) is 5.99. The van der Waals surface area contributed by atoms with E-state index in [0.29, 0.717) is 28.5 Å². The number of halogens is 1. The summed E-state index contributed by atoms with van der Waals surface area (Å²) in [5.41, 5.74) is 4.25. The first-order valence-corrected chi connectivity index (χ1v) is 10.2. The molecule has 0 radical (unpaired) electrons. The van der Waals surface area contributed by atoms with E-state index in [-0.39, 0.29) is 5.91 Å². The van der Waals surface area contributed by atoms with Crippen molar-refractivity contribution in [1.29, 1.82) is 0 Å². The van der Waals surface area contributed by atoms with Crippen LogP contribution in [0.5, 0.6) is 0 Å². The third-order valence-corrected chi connectivity index (χ3v) is 5.11. The molecule has 3 rings (SSSR count). The Labute approximate surface area is 187 Å². The molecule has 7 heteroatoms. The van der Waals surface area contributed by atoms with Gasteiger partial charge in [0.25, 0.3) is 5.91 Å². The van der Waals surface area contributed by atoms with Crippen molar-refractivity contribution < 1.29 is 9.59 Å². The highest BCUT2D eigenvalue weighted by atomic mass is 35.5. The van der Waals surface area contributed by atoms with E-state index in [0.717, 1.165) is 16.8 Å². The molecular formula is C24H25ClN4O2. The number of nitrogens with zero attached hydrogens (tertiary/aromatic N) is 1. The average molecular weight is 437 g/mol. The molecule has 0 bridgehead atoms. The van der Waals surface area contributed by atoms with Crippen LogP contribution >= 0.6 is 11.6 Å². The molecule has 0 spiro atoms. The summed E-state index contributed by atoms with van der Waals surface area (Å²) in [5.74, 6) is -0.220. The molecule has 6 nitrogen and oxygen atoms in total. The van der Waals surface area contributed by atoms with Gasteiger partial charge in [0.1, 0.15) is 0 Å². The molecule has 0 saturated heterocycles. The van der Waals surface area contributed by atoms with Crippen molar-refractivity contribution in [1.82, 2.24) is 5.32 Å². The molecule has 0 unspecified atom stereocenters. The Morgan fingerprint density at radius 2 is 1.55 bits per heavy atom. The number of carbonyl (C=O) groups is 2. The number of carbonyl (C=O) groups excluding carboxylic acids is 2. The molecule has 0 atom stereocenters. The fourth-order valence-corrected chi connectivity index (χ4v) is 3.20. The van der Waals surface area contributed by atoms with Crippen LogP contribution in [0.4, 0.5) is 21.9 Å². The summed E-state index contributed by atoms with van der Waals surface area (Å²) in [7, 11) is 3.73. The van der Waals surface area contributed by atoms with Crippen molar-refractivity contribution >= 4 is 40.6 Å². The lowest BCUT2D eigenvalue weighted by atomic mass is 10.1. The second kappa shape index (κ2) is 10.00. The minimum absolute atomic E-state index is 0.220. The highest BCUT2D eigenvalue weighted by Gasteiger charge is 2.15. The first-order valence-electron chi connectivity index (χ1n) is 9.81. The average Bonchev–Trinajstić information content (AvgIpc) is 2.75. The maximum Gasteiger partial charge on any atom is 0.323 e. The molecule has 31 heavy (non-hydrogen) atoms. The van der Waals surface area contributed by atoms with Gasteiger partial charge in [0.15, 0.2) is 0 Å². The standard InChI is InChI=1S/C24H25ClN4O2/c1-16-9-10-19(14-21(16)25)28-24(31)27-18-11-12-22(29(2)3)20(13-18)23(30)26-15-17-7-5-4-6-8-17/h4-14H,15H2,1-3H3,(H,26,30)(H2,27,28,31). The number of rotatable bonds is 6. The summed E-state index contributed by atoms with van der Waals surface area (Å²) in [6, 6.07) is 19.8. The van der Waals surface area contributed by atoms with E-state index in [9.17, 15) is 9.59 Å². The van der Waals surface area contributed by atoms with E-state index in [2.05, 4.69) is 16.0 Å². The molecule has 0 aliphatic carbocycles. The predicted octanol–water partition coefficient (Wildman–Crippen LogP) is 5.29. The highest BCUT2D eigenvalue weighted by molar-refractivity contribution is 6.31. The molecule has 160 valence electrons. The van der Waals surface area contributed by atoms with Crippen molar-refractivity contribution in [3.63, 3.8) is 0 Å². The number of anilines is 3. The smallest absolute Gasteiger partial charge is 0.323 e. The van der Waals surface area contributed by atoms with Crippen molar-refractivity contribution in [3.8, 4) is 0 Å². The maximum absolute atomic E-state index is 12.9. The Morgan fingerprint density at radius 1 is 0.903 bits per heavy atom. The Kier molecular flexibility index (Phi) is 7.15. The zero-order valence-electron chi connectivity index (χ0n) is 17.7. The van der Waals surface area contributed by atoms with E-state index >= 15 is 0 Å². The van der Waals surface area contributed by atoms with Crippen LogP contribution in [-0.2, 0) is 6.54 Å². The number of hydrogen-bond acceptors (Lipinski definition) is 3. The van der Waals surface area contributed by atoms with Crippen LogP contribution in [0.3, 0.4) is 0 Å². The van der Waals surface area contributed by atoms with E-state index in [1.165, 1.54) is 0 Å². The van der Waals surface area contributed by atoms with Crippen molar-refractivity contribution in [2.24, 2.45) is 0 Å². The molecular weight excluding hydrogens is 412 g/mol. The van der Waals surface area contributed by atoms with E-state index < -0.39 is 6.03 Å². The van der Waals surface area contributed by atoms with Crippen LogP contribution in [0.2, 0.25) is 5.02 Å². The molecule has 0 saturated carbocycles. The summed E-state index contributed by atoms with van der Waals surface area (Å²) < 4.78 is 0. The number of hydrogen-bond donors (Lipinski definition) is 3. The van der Waals surface area contributed by atoms with Crippen LogP contribution in [-0.4, -0.2) is 26.0 Å². The molecule has 0 heterocycles. The van der Waals surface area contributed by atoms with Crippen LogP contribution < -0.4 is 20.9 Å². The van der Waals surface area contributed by atoms with Crippen molar-refractivity contribution in [2.75, 3.05) is 29.6 Å². The van der Waals surface area contributed by atoms with Crippen LogP contribution in [0, 0.1) is 6.92 Å². The predicted molar refractivity (Wildman–Crippen MR) is 127 cm³/mol. The van der Waals surface area contributed by atoms with Gasteiger partial charge in [-0.3, -0.25) is 4.79 Å². The molecule has 3 N–H and O–H groups in total. The number of urea groups is 1. The molecule has 0 aromatic heterocycles. The lowest BCUT2D eigenvalue weighted by molar-refractivity contribution is 0.0951. The molecule has 3 aromatic rings. The van der Waals surface area contributed by atoms with E-state index in [4.69, 9.17) is 11.6 Å². The lowest BCUT2D eigenvalue weighted by Crippen LogP contribution is -2.26. The van der Waals surface area contributed by atoms with Gasteiger partial charge in [-0.2, -0.15) is 0 Å². The lowest BCUT2D eigenvalue weighted by Gasteiger charge is -2.19. The Balaban J connectivity index is 1.73. The molecule has 0 fully saturated rings. The van der Waals surface area contributed by atoms with Gasteiger partial charge in [0, 0.05) is 42.7 Å². The minimum atomic E-state index is -0.423. The van der Waals surface area contributed by atoms with E-state index in [1.54, 1.807) is 30.3 Å². The molecule has 3 aromatic carbocycles. The molecule has 3 amide bonds. The van der Waals surface area contributed by atoms with E-state index in [1.807, 2.05) is 62.3 Å². The summed E-state index contributed by atoms with van der Waals surface area (Å²) in [6.07, 6.45) is 0. The number of amides is 3. The largest absolute Gasteiger partial charge is 0.377 e. The SMILES string of the molecule is Cc1ccc(NC(=O)Nc2ccc(N(C)C)c(C(=O)NCc3ccccc3)c2)cc1Cl. The first-order chi connectivity index (χ1) is 14.8. The summed E-state index contributed by atoms with van der Waals surface area (Å²) in [5, 5.41) is 9.02. The van der Waals surface area contributed by atoms with Crippen molar-refractivity contribution in [2.45, 2.75) is 13.5 Å². The Morgan fingerprint density at radius 3 is 2.19 bits per heavy atom. The molecule has 0 aliphatic heterocycles. The minimum Gasteiger partial charge on any atom is -0.377 e. The topological polar surface area (TPSA) is 73.5 Å². The number of nitrogens with one attached hydrogen (secondary N) is 3. The van der Waals surface area contributed by atoms with Crippen LogP contribution in [0.25, 0.3) is 0 Å². The Hall–Kier alpha value is -3.51. The van der Waals surface area contributed by atoms with Crippen molar-refractivity contribution in [3.05, 3.63) is 88.4 Å². The normalized spacial score (nSPS) is 10.3. The zero-order valence-corrected chi connectivity index (χ0v) is 18.5. The zero-order chi connectivity index (χ0) is 22.4.